The van der Waals surface area contributed by atoms with Crippen LogP contribution in [0.3, 0.4) is 0 Å². The van der Waals surface area contributed by atoms with Crippen molar-refractivity contribution in [3.63, 3.8) is 0 Å². The number of hydrogen-bond acceptors (Lipinski definition) is 6. The topological polar surface area (TPSA) is 87.2 Å². The van der Waals surface area contributed by atoms with Crippen molar-refractivity contribution in [3.05, 3.63) is 40.9 Å². The molecular formula is C24H37N5O2S. The molecule has 2 aromatic rings. The Balaban J connectivity index is 0.00000176. The second kappa shape index (κ2) is 15.5. The lowest BCUT2D eigenvalue weighted by Crippen LogP contribution is -2.37. The Hall–Kier alpha value is -2.32. The summed E-state index contributed by atoms with van der Waals surface area (Å²) in [4.78, 5) is 26.5. The summed E-state index contributed by atoms with van der Waals surface area (Å²) in [5.41, 5.74) is 0.967. The molecule has 1 aliphatic rings. The van der Waals surface area contributed by atoms with Crippen LogP contribution in [0, 0.1) is 0 Å². The Morgan fingerprint density at radius 1 is 1.00 bits per heavy atom. The summed E-state index contributed by atoms with van der Waals surface area (Å²) in [5, 5.41) is 15.4. The first-order chi connectivity index (χ1) is 15.7. The average Bonchev–Trinajstić information content (AvgIpc) is 3.26. The molecule has 2 amide bonds. The van der Waals surface area contributed by atoms with E-state index in [1.165, 1.54) is 30.6 Å². The average molecular weight is 460 g/mol. The minimum absolute atomic E-state index is 0.0925. The summed E-state index contributed by atoms with van der Waals surface area (Å²) in [6.45, 7) is 8.01. The highest BCUT2D eigenvalue weighted by Crippen LogP contribution is 2.18. The maximum absolute atomic E-state index is 12.1. The van der Waals surface area contributed by atoms with E-state index in [-0.39, 0.29) is 11.8 Å². The molecule has 3 rings (SSSR count). The molecule has 1 aliphatic heterocycles. The Morgan fingerprint density at radius 2 is 1.75 bits per heavy atom. The number of carbonyl (C=O) groups is 2. The van der Waals surface area contributed by atoms with Crippen LogP contribution in [0.4, 0.5) is 5.13 Å². The summed E-state index contributed by atoms with van der Waals surface area (Å²) < 4.78 is 0. The quantitative estimate of drug-likeness (QED) is 0.495. The van der Waals surface area contributed by atoms with E-state index in [4.69, 9.17) is 0 Å². The summed E-state index contributed by atoms with van der Waals surface area (Å²) in [7, 11) is 0. The van der Waals surface area contributed by atoms with Crippen molar-refractivity contribution < 1.29 is 9.59 Å². The van der Waals surface area contributed by atoms with E-state index in [0.717, 1.165) is 56.0 Å². The van der Waals surface area contributed by atoms with Crippen LogP contribution in [0.2, 0.25) is 0 Å². The van der Waals surface area contributed by atoms with Crippen LogP contribution in [-0.4, -0.2) is 53.1 Å². The fourth-order valence-electron chi connectivity index (χ4n) is 3.54. The van der Waals surface area contributed by atoms with Crippen molar-refractivity contribution in [1.29, 1.82) is 0 Å². The summed E-state index contributed by atoms with van der Waals surface area (Å²) >= 11 is 1.40. The van der Waals surface area contributed by atoms with Crippen molar-refractivity contribution in [1.82, 2.24) is 20.4 Å². The van der Waals surface area contributed by atoms with E-state index < -0.39 is 0 Å². The second-order valence-electron chi connectivity index (χ2n) is 7.67. The molecule has 1 aromatic carbocycles. The highest BCUT2D eigenvalue weighted by atomic mass is 32.1. The number of hydrogen-bond donors (Lipinski definition) is 2. The maximum atomic E-state index is 12.1. The lowest BCUT2D eigenvalue weighted by molar-refractivity contribution is -0.121. The first-order valence-electron chi connectivity index (χ1n) is 11.8. The van der Waals surface area contributed by atoms with Crippen LogP contribution in [-0.2, 0) is 22.4 Å². The number of benzene rings is 1. The molecule has 1 aromatic heterocycles. The van der Waals surface area contributed by atoms with Gasteiger partial charge >= 0.3 is 0 Å². The number of carbonyl (C=O) groups excluding carboxylic acids is 2. The number of rotatable bonds is 11. The molecule has 1 fully saturated rings. The third-order valence-electron chi connectivity index (χ3n) is 5.16. The Labute approximate surface area is 196 Å². The molecule has 1 saturated heterocycles. The SMILES string of the molecule is CC.O=C(CCCCc1nnc(NC(=O)Cc2ccccc2)s1)NCCN1CCCCC1. The van der Waals surface area contributed by atoms with Crippen molar-refractivity contribution in [3.8, 4) is 0 Å². The molecule has 176 valence electrons. The van der Waals surface area contributed by atoms with Crippen LogP contribution in [0.15, 0.2) is 30.3 Å². The predicted octanol–water partition coefficient (Wildman–Crippen LogP) is 4.06. The van der Waals surface area contributed by atoms with Gasteiger partial charge in [-0.1, -0.05) is 61.9 Å². The highest BCUT2D eigenvalue weighted by molar-refractivity contribution is 7.15. The van der Waals surface area contributed by atoms with Crippen molar-refractivity contribution in [2.75, 3.05) is 31.5 Å². The third-order valence-corrected chi connectivity index (χ3v) is 6.06. The molecule has 8 heteroatoms. The number of unbranched alkanes of at least 4 members (excludes halogenated alkanes) is 1. The third kappa shape index (κ3) is 10.3. The van der Waals surface area contributed by atoms with Crippen LogP contribution in [0.5, 0.6) is 0 Å². The molecule has 0 saturated carbocycles. The summed E-state index contributed by atoms with van der Waals surface area (Å²) in [5.74, 6) is 0.0308. The molecule has 0 radical (unpaired) electrons. The smallest absolute Gasteiger partial charge is 0.230 e. The zero-order valence-electron chi connectivity index (χ0n) is 19.4. The minimum atomic E-state index is -0.0925. The van der Waals surface area contributed by atoms with Crippen LogP contribution in [0.25, 0.3) is 0 Å². The Morgan fingerprint density at radius 3 is 2.50 bits per heavy atom. The molecule has 2 heterocycles. The van der Waals surface area contributed by atoms with Gasteiger partial charge in [-0.25, -0.2) is 0 Å². The zero-order valence-corrected chi connectivity index (χ0v) is 20.3. The number of nitrogens with zero attached hydrogens (tertiary/aromatic N) is 3. The monoisotopic (exact) mass is 459 g/mol. The van der Waals surface area contributed by atoms with Gasteiger partial charge in [-0.2, -0.15) is 0 Å². The van der Waals surface area contributed by atoms with Gasteiger partial charge in [0.05, 0.1) is 6.42 Å². The summed E-state index contributed by atoms with van der Waals surface area (Å²) in [6.07, 6.45) is 7.22. The number of amides is 2. The standard InChI is InChI=1S/C22H31N5O2S.C2H6/c28-19(23-13-16-27-14-7-2-8-15-27)11-5-6-12-21-25-26-22(30-21)24-20(29)17-18-9-3-1-4-10-18;1-2/h1,3-4,9-10H,2,5-8,11-17H2,(H,23,28)(H,24,26,29);1-2H3. The van der Waals surface area contributed by atoms with Gasteiger partial charge in [0.15, 0.2) is 0 Å². The normalized spacial score (nSPS) is 13.7. The lowest BCUT2D eigenvalue weighted by atomic mass is 10.1. The van der Waals surface area contributed by atoms with E-state index >= 15 is 0 Å². The minimum Gasteiger partial charge on any atom is -0.355 e. The predicted molar refractivity (Wildman–Crippen MR) is 131 cm³/mol. The van der Waals surface area contributed by atoms with E-state index in [0.29, 0.717) is 18.0 Å². The lowest BCUT2D eigenvalue weighted by Gasteiger charge is -2.26. The number of piperidine rings is 1. The number of likely N-dealkylation sites (tertiary alicyclic amines) is 1. The first-order valence-corrected chi connectivity index (χ1v) is 12.7. The number of anilines is 1. The van der Waals surface area contributed by atoms with Gasteiger partial charge in [-0.3, -0.25) is 9.59 Å². The van der Waals surface area contributed by atoms with Gasteiger partial charge in [0.2, 0.25) is 16.9 Å². The van der Waals surface area contributed by atoms with Crippen molar-refractivity contribution >= 4 is 28.3 Å². The maximum Gasteiger partial charge on any atom is 0.230 e. The van der Waals surface area contributed by atoms with E-state index in [9.17, 15) is 9.59 Å². The number of aromatic nitrogens is 2. The molecule has 0 spiro atoms. The number of aryl methyl sites for hydroxylation is 1. The first kappa shape index (κ1) is 25.9. The van der Waals surface area contributed by atoms with Gasteiger partial charge in [0.25, 0.3) is 0 Å². The zero-order chi connectivity index (χ0) is 23.0. The number of nitrogens with one attached hydrogen (secondary N) is 2. The van der Waals surface area contributed by atoms with E-state index in [2.05, 4.69) is 25.7 Å². The Bertz CT molecular complexity index is 791. The fraction of sp³-hybridized carbons (Fsp3) is 0.583. The van der Waals surface area contributed by atoms with E-state index in [1.807, 2.05) is 44.2 Å². The van der Waals surface area contributed by atoms with Gasteiger partial charge < -0.3 is 15.5 Å². The molecule has 32 heavy (non-hydrogen) atoms. The largest absolute Gasteiger partial charge is 0.355 e. The van der Waals surface area contributed by atoms with Crippen LogP contribution in [0.1, 0.15) is 62.9 Å². The molecule has 0 atom stereocenters. The second-order valence-corrected chi connectivity index (χ2v) is 8.73. The molecule has 0 aliphatic carbocycles. The van der Waals surface area contributed by atoms with Crippen LogP contribution < -0.4 is 10.6 Å². The highest BCUT2D eigenvalue weighted by Gasteiger charge is 2.11. The van der Waals surface area contributed by atoms with Gasteiger partial charge in [0.1, 0.15) is 5.01 Å². The van der Waals surface area contributed by atoms with Crippen molar-refractivity contribution in [2.24, 2.45) is 0 Å². The Kier molecular flexibility index (Phi) is 12.5. The van der Waals surface area contributed by atoms with Gasteiger partial charge in [-0.05, 0) is 44.3 Å². The molecule has 0 unspecified atom stereocenters. The van der Waals surface area contributed by atoms with Crippen molar-refractivity contribution in [2.45, 2.75) is 65.2 Å². The molecule has 2 N–H and O–H groups in total. The molecule has 0 bridgehead atoms. The van der Waals surface area contributed by atoms with E-state index in [1.54, 1.807) is 0 Å². The van der Waals surface area contributed by atoms with Gasteiger partial charge in [-0.15, -0.1) is 10.2 Å². The van der Waals surface area contributed by atoms with Crippen LogP contribution >= 0.6 is 11.3 Å². The molecular weight excluding hydrogens is 422 g/mol. The fourth-order valence-corrected chi connectivity index (χ4v) is 4.33. The molecule has 7 nitrogen and oxygen atoms in total. The summed E-state index contributed by atoms with van der Waals surface area (Å²) in [6, 6.07) is 9.61. The van der Waals surface area contributed by atoms with Gasteiger partial charge in [0, 0.05) is 25.9 Å².